The molecule has 0 bridgehead atoms. The quantitative estimate of drug-likeness (QED) is 0.661. The number of carbonyl (C=O) groups is 1. The predicted molar refractivity (Wildman–Crippen MR) is 54.6 cm³/mol. The smallest absolute Gasteiger partial charge is 0.220 e. The number of carbonyl (C=O) groups excluding carboxylic acids is 1. The van der Waals surface area contributed by atoms with Crippen molar-refractivity contribution in [2.24, 2.45) is 17.6 Å². The molecule has 0 aromatic carbocycles. The monoisotopic (exact) mass is 200 g/mol. The molecule has 0 aromatic rings. The topological polar surface area (TPSA) is 66.6 Å². The highest BCUT2D eigenvalue weighted by molar-refractivity contribution is 5.76. The third kappa shape index (κ3) is 3.27. The van der Waals surface area contributed by atoms with Gasteiger partial charge in [0.15, 0.2) is 0 Å². The Morgan fingerprint density at radius 2 is 2.14 bits per heavy atom. The molecule has 1 saturated heterocycles. The van der Waals surface area contributed by atoms with Crippen LogP contribution in [0.3, 0.4) is 0 Å². The Balaban J connectivity index is 2.25. The molecule has 0 saturated carbocycles. The third-order valence-electron chi connectivity index (χ3n) is 2.87. The highest BCUT2D eigenvalue weighted by atomic mass is 16.3. The Labute approximate surface area is 85.1 Å². The number of hydrogen-bond acceptors (Lipinski definition) is 3. The Hall–Kier alpha value is -0.610. The van der Waals surface area contributed by atoms with Gasteiger partial charge in [0.25, 0.3) is 0 Å². The lowest BCUT2D eigenvalue weighted by Gasteiger charge is -2.31. The van der Waals surface area contributed by atoms with Gasteiger partial charge in [0.2, 0.25) is 5.91 Å². The minimum atomic E-state index is -0.167. The molecule has 4 nitrogen and oxygen atoms in total. The van der Waals surface area contributed by atoms with Gasteiger partial charge in [0, 0.05) is 19.1 Å². The standard InChI is InChI=1S/C10H20N2O2/c1-8(7-13)6-12-4-2-9(3-5-12)10(11)14/h8-9,13H,2-7H2,1H3,(H2,11,14). The van der Waals surface area contributed by atoms with Crippen LogP contribution in [0.4, 0.5) is 0 Å². The van der Waals surface area contributed by atoms with Crippen molar-refractivity contribution in [1.29, 1.82) is 0 Å². The van der Waals surface area contributed by atoms with Crippen LogP contribution in [0.5, 0.6) is 0 Å². The lowest BCUT2D eigenvalue weighted by Crippen LogP contribution is -2.40. The molecule has 0 radical (unpaired) electrons. The maximum absolute atomic E-state index is 10.9. The predicted octanol–water partition coefficient (Wildman–Crippen LogP) is -0.188. The third-order valence-corrected chi connectivity index (χ3v) is 2.87. The summed E-state index contributed by atoms with van der Waals surface area (Å²) in [5.41, 5.74) is 5.24. The van der Waals surface area contributed by atoms with Gasteiger partial charge >= 0.3 is 0 Å². The fourth-order valence-electron chi connectivity index (χ4n) is 1.90. The molecule has 1 atom stereocenters. The molecule has 1 fully saturated rings. The molecule has 82 valence electrons. The van der Waals surface area contributed by atoms with Crippen molar-refractivity contribution < 1.29 is 9.90 Å². The average Bonchev–Trinajstić information content (AvgIpc) is 2.18. The molecule has 1 heterocycles. The number of primary amides is 1. The van der Waals surface area contributed by atoms with Gasteiger partial charge in [-0.25, -0.2) is 0 Å². The second kappa shape index (κ2) is 5.32. The molecule has 1 unspecified atom stereocenters. The minimum absolute atomic E-state index is 0.0654. The number of aliphatic hydroxyl groups excluding tert-OH is 1. The maximum atomic E-state index is 10.9. The molecule has 0 aliphatic carbocycles. The summed E-state index contributed by atoms with van der Waals surface area (Å²) in [7, 11) is 0. The van der Waals surface area contributed by atoms with Crippen LogP contribution in [0.1, 0.15) is 19.8 Å². The van der Waals surface area contributed by atoms with Gasteiger partial charge in [-0.3, -0.25) is 4.79 Å². The van der Waals surface area contributed by atoms with Crippen molar-refractivity contribution >= 4 is 5.91 Å². The van der Waals surface area contributed by atoms with Gasteiger partial charge in [0.05, 0.1) is 0 Å². The van der Waals surface area contributed by atoms with E-state index in [-0.39, 0.29) is 18.4 Å². The minimum Gasteiger partial charge on any atom is -0.396 e. The average molecular weight is 200 g/mol. The van der Waals surface area contributed by atoms with E-state index in [9.17, 15) is 4.79 Å². The fourth-order valence-corrected chi connectivity index (χ4v) is 1.90. The first-order chi connectivity index (χ1) is 6.63. The molecular formula is C10H20N2O2. The van der Waals surface area contributed by atoms with Crippen LogP contribution in [0.2, 0.25) is 0 Å². The molecular weight excluding hydrogens is 180 g/mol. The number of hydrogen-bond donors (Lipinski definition) is 2. The van der Waals surface area contributed by atoms with Gasteiger partial charge in [-0.1, -0.05) is 6.92 Å². The van der Waals surface area contributed by atoms with Crippen LogP contribution in [-0.2, 0) is 4.79 Å². The van der Waals surface area contributed by atoms with Gasteiger partial charge in [-0.15, -0.1) is 0 Å². The Bertz CT molecular complexity index is 189. The zero-order valence-corrected chi connectivity index (χ0v) is 8.78. The molecule has 1 rings (SSSR count). The number of rotatable bonds is 4. The van der Waals surface area contributed by atoms with Crippen LogP contribution in [-0.4, -0.2) is 42.2 Å². The lowest BCUT2D eigenvalue weighted by atomic mass is 9.96. The molecule has 3 N–H and O–H groups in total. The first-order valence-electron chi connectivity index (χ1n) is 5.26. The van der Waals surface area contributed by atoms with Crippen molar-refractivity contribution in [3.05, 3.63) is 0 Å². The second-order valence-corrected chi connectivity index (χ2v) is 4.26. The number of nitrogens with two attached hydrogens (primary N) is 1. The molecule has 0 spiro atoms. The summed E-state index contributed by atoms with van der Waals surface area (Å²) < 4.78 is 0. The van der Waals surface area contributed by atoms with E-state index in [4.69, 9.17) is 10.8 Å². The lowest BCUT2D eigenvalue weighted by molar-refractivity contribution is -0.123. The summed E-state index contributed by atoms with van der Waals surface area (Å²) in [5, 5.41) is 8.90. The van der Waals surface area contributed by atoms with E-state index >= 15 is 0 Å². The maximum Gasteiger partial charge on any atom is 0.220 e. The largest absolute Gasteiger partial charge is 0.396 e. The molecule has 4 heteroatoms. The summed E-state index contributed by atoms with van der Waals surface area (Å²) in [6.45, 7) is 5.04. The zero-order valence-electron chi connectivity index (χ0n) is 8.78. The summed E-state index contributed by atoms with van der Waals surface area (Å²) in [6, 6.07) is 0. The summed E-state index contributed by atoms with van der Waals surface area (Å²) in [6.07, 6.45) is 1.74. The molecule has 1 aliphatic heterocycles. The molecule has 14 heavy (non-hydrogen) atoms. The van der Waals surface area contributed by atoms with Crippen molar-refractivity contribution in [3.8, 4) is 0 Å². The van der Waals surface area contributed by atoms with E-state index < -0.39 is 0 Å². The molecule has 0 aromatic heterocycles. The summed E-state index contributed by atoms with van der Waals surface area (Å²) in [5.74, 6) is 0.218. The first-order valence-corrected chi connectivity index (χ1v) is 5.26. The van der Waals surface area contributed by atoms with E-state index in [1.165, 1.54) is 0 Å². The normalized spacial score (nSPS) is 22.1. The van der Waals surface area contributed by atoms with Crippen molar-refractivity contribution in [2.45, 2.75) is 19.8 Å². The molecule has 1 aliphatic rings. The van der Waals surface area contributed by atoms with Crippen LogP contribution < -0.4 is 5.73 Å². The Morgan fingerprint density at radius 1 is 1.57 bits per heavy atom. The Kier molecular flexibility index (Phi) is 4.35. The van der Waals surface area contributed by atoms with E-state index in [0.717, 1.165) is 32.5 Å². The van der Waals surface area contributed by atoms with E-state index in [0.29, 0.717) is 5.92 Å². The highest BCUT2D eigenvalue weighted by Crippen LogP contribution is 2.17. The van der Waals surface area contributed by atoms with Crippen LogP contribution in [0.15, 0.2) is 0 Å². The van der Waals surface area contributed by atoms with Crippen molar-refractivity contribution in [3.63, 3.8) is 0 Å². The number of likely N-dealkylation sites (tertiary alicyclic amines) is 1. The molecule has 1 amide bonds. The van der Waals surface area contributed by atoms with Gasteiger partial charge in [0.1, 0.15) is 0 Å². The zero-order chi connectivity index (χ0) is 10.6. The van der Waals surface area contributed by atoms with E-state index in [2.05, 4.69) is 4.90 Å². The highest BCUT2D eigenvalue weighted by Gasteiger charge is 2.23. The second-order valence-electron chi connectivity index (χ2n) is 4.26. The van der Waals surface area contributed by atoms with Crippen LogP contribution in [0, 0.1) is 11.8 Å². The van der Waals surface area contributed by atoms with Gasteiger partial charge < -0.3 is 15.7 Å². The Morgan fingerprint density at radius 3 is 2.57 bits per heavy atom. The SMILES string of the molecule is CC(CO)CN1CCC(C(N)=O)CC1. The van der Waals surface area contributed by atoms with Crippen LogP contribution >= 0.6 is 0 Å². The van der Waals surface area contributed by atoms with Gasteiger partial charge in [-0.05, 0) is 31.8 Å². The summed E-state index contributed by atoms with van der Waals surface area (Å²) in [4.78, 5) is 13.2. The number of nitrogens with zero attached hydrogens (tertiary/aromatic N) is 1. The van der Waals surface area contributed by atoms with E-state index in [1.54, 1.807) is 0 Å². The number of amides is 1. The summed E-state index contributed by atoms with van der Waals surface area (Å²) >= 11 is 0. The number of aliphatic hydroxyl groups is 1. The van der Waals surface area contributed by atoms with E-state index in [1.807, 2.05) is 6.92 Å². The number of piperidine rings is 1. The van der Waals surface area contributed by atoms with Crippen molar-refractivity contribution in [1.82, 2.24) is 4.90 Å². The first kappa shape index (κ1) is 11.5. The van der Waals surface area contributed by atoms with Crippen molar-refractivity contribution in [2.75, 3.05) is 26.2 Å². The fraction of sp³-hybridized carbons (Fsp3) is 0.900. The van der Waals surface area contributed by atoms with Gasteiger partial charge in [-0.2, -0.15) is 0 Å². The van der Waals surface area contributed by atoms with Crippen LogP contribution in [0.25, 0.3) is 0 Å².